The molecule has 0 atom stereocenters. The second kappa shape index (κ2) is 8.17. The van der Waals surface area contributed by atoms with Crippen LogP contribution in [-0.4, -0.2) is 15.2 Å². The van der Waals surface area contributed by atoms with Crippen molar-refractivity contribution in [1.82, 2.24) is 0 Å². The molecule has 2 heterocycles. The Morgan fingerprint density at radius 2 is 1.90 bits per heavy atom. The van der Waals surface area contributed by atoms with E-state index < -0.39 is 4.92 Å². The van der Waals surface area contributed by atoms with Crippen molar-refractivity contribution in [3.05, 3.63) is 85.4 Å². The number of carbonyl (C=O) groups is 1. The number of halogens is 1. The fourth-order valence-electron chi connectivity index (χ4n) is 2.99. The lowest BCUT2D eigenvalue weighted by Gasteiger charge is -2.14. The van der Waals surface area contributed by atoms with Crippen LogP contribution in [0, 0.1) is 17.0 Å². The number of thiocarbonyl (C=S) groups is 1. The van der Waals surface area contributed by atoms with E-state index in [-0.39, 0.29) is 11.6 Å². The maximum atomic E-state index is 12.9. The molecular weight excluding hydrogens is 488 g/mol. The van der Waals surface area contributed by atoms with E-state index in [9.17, 15) is 14.9 Å². The van der Waals surface area contributed by atoms with Crippen molar-refractivity contribution in [2.24, 2.45) is 0 Å². The Kier molecular flexibility index (Phi) is 5.59. The van der Waals surface area contributed by atoms with Gasteiger partial charge in [0, 0.05) is 16.6 Å². The minimum atomic E-state index is -0.437. The first kappa shape index (κ1) is 20.5. The van der Waals surface area contributed by atoms with Crippen LogP contribution < -0.4 is 4.90 Å². The van der Waals surface area contributed by atoms with Gasteiger partial charge in [0.25, 0.3) is 11.6 Å². The fraction of sp³-hybridized carbons (Fsp3) is 0.0476. The van der Waals surface area contributed by atoms with E-state index in [4.69, 9.17) is 16.6 Å². The average Bonchev–Trinajstić information content (AvgIpc) is 3.27. The third-order valence-corrected chi connectivity index (χ3v) is 6.22. The zero-order valence-corrected chi connectivity index (χ0v) is 18.7. The molecule has 3 aromatic rings. The van der Waals surface area contributed by atoms with Crippen molar-refractivity contribution >= 4 is 67.6 Å². The number of nitro groups is 1. The van der Waals surface area contributed by atoms with Gasteiger partial charge < -0.3 is 4.42 Å². The molecule has 30 heavy (non-hydrogen) atoms. The van der Waals surface area contributed by atoms with Gasteiger partial charge in [0.15, 0.2) is 4.32 Å². The fourth-order valence-corrected chi connectivity index (χ4v) is 4.53. The molecule has 150 valence electrons. The van der Waals surface area contributed by atoms with E-state index in [1.54, 1.807) is 49.4 Å². The maximum absolute atomic E-state index is 12.9. The van der Waals surface area contributed by atoms with Gasteiger partial charge in [-0.2, -0.15) is 0 Å². The molecule has 1 fully saturated rings. The highest BCUT2D eigenvalue weighted by molar-refractivity contribution is 9.10. The quantitative estimate of drug-likeness (QED) is 0.180. The van der Waals surface area contributed by atoms with Crippen molar-refractivity contribution in [3.8, 4) is 11.3 Å². The van der Waals surface area contributed by atoms with Crippen molar-refractivity contribution in [1.29, 1.82) is 0 Å². The van der Waals surface area contributed by atoms with Crippen LogP contribution >= 0.6 is 39.9 Å². The molecule has 0 saturated carbocycles. The van der Waals surface area contributed by atoms with Gasteiger partial charge in [-0.25, -0.2) is 0 Å². The molecule has 9 heteroatoms. The summed E-state index contributed by atoms with van der Waals surface area (Å²) in [4.78, 5) is 25.7. The van der Waals surface area contributed by atoms with Gasteiger partial charge in [-0.15, -0.1) is 0 Å². The Morgan fingerprint density at radius 3 is 2.60 bits per heavy atom. The van der Waals surface area contributed by atoms with Gasteiger partial charge in [0.1, 0.15) is 11.5 Å². The van der Waals surface area contributed by atoms with Crippen LogP contribution in [0.2, 0.25) is 0 Å². The van der Waals surface area contributed by atoms with E-state index in [1.807, 2.05) is 12.1 Å². The Morgan fingerprint density at radius 1 is 1.17 bits per heavy atom. The number of thioether (sulfide) groups is 1. The number of hydrogen-bond acceptors (Lipinski definition) is 6. The van der Waals surface area contributed by atoms with Gasteiger partial charge in [0.2, 0.25) is 0 Å². The summed E-state index contributed by atoms with van der Waals surface area (Å²) >= 11 is 9.93. The molecule has 0 spiro atoms. The normalized spacial score (nSPS) is 15.3. The number of hydrogen-bond donors (Lipinski definition) is 0. The van der Waals surface area contributed by atoms with Crippen LogP contribution in [-0.2, 0) is 4.79 Å². The van der Waals surface area contributed by atoms with Crippen molar-refractivity contribution in [2.45, 2.75) is 6.92 Å². The highest BCUT2D eigenvalue weighted by Crippen LogP contribution is 2.38. The van der Waals surface area contributed by atoms with Crippen molar-refractivity contribution in [3.63, 3.8) is 0 Å². The highest BCUT2D eigenvalue weighted by Gasteiger charge is 2.33. The second-order valence-corrected chi connectivity index (χ2v) is 9.06. The lowest BCUT2D eigenvalue weighted by atomic mass is 10.1. The highest BCUT2D eigenvalue weighted by atomic mass is 79.9. The van der Waals surface area contributed by atoms with Gasteiger partial charge in [-0.1, -0.05) is 46.0 Å². The lowest BCUT2D eigenvalue weighted by Crippen LogP contribution is -2.27. The van der Waals surface area contributed by atoms with Crippen LogP contribution in [0.4, 0.5) is 11.4 Å². The summed E-state index contributed by atoms with van der Waals surface area (Å²) in [6.45, 7) is 1.79. The summed E-state index contributed by atoms with van der Waals surface area (Å²) in [5.41, 5.74) is 1.82. The van der Waals surface area contributed by atoms with E-state index in [0.29, 0.717) is 32.0 Å². The molecule has 1 aliphatic rings. The third-order valence-electron chi connectivity index (χ3n) is 4.39. The Bertz CT molecular complexity index is 1220. The molecule has 0 bridgehead atoms. The smallest absolute Gasteiger partial charge is 0.280 e. The molecule has 1 aromatic heterocycles. The molecule has 0 unspecified atom stereocenters. The minimum Gasteiger partial charge on any atom is -0.456 e. The predicted octanol–water partition coefficient (Wildman–Crippen LogP) is 6.33. The zero-order chi connectivity index (χ0) is 21.4. The number of furan rings is 1. The Balaban J connectivity index is 1.64. The summed E-state index contributed by atoms with van der Waals surface area (Å²) in [5, 5.41) is 11.4. The van der Waals surface area contributed by atoms with Crippen LogP contribution in [0.15, 0.2) is 68.4 Å². The third kappa shape index (κ3) is 3.96. The van der Waals surface area contributed by atoms with Gasteiger partial charge in [-0.05, 0) is 55.0 Å². The lowest BCUT2D eigenvalue weighted by molar-refractivity contribution is -0.384. The minimum absolute atomic E-state index is 0.0301. The Labute approximate surface area is 189 Å². The van der Waals surface area contributed by atoms with E-state index in [0.717, 1.165) is 10.0 Å². The number of anilines is 1. The number of aryl methyl sites for hydroxylation is 1. The van der Waals surface area contributed by atoms with Crippen LogP contribution in [0.3, 0.4) is 0 Å². The van der Waals surface area contributed by atoms with Crippen LogP contribution in [0.1, 0.15) is 11.3 Å². The molecule has 1 aliphatic heterocycles. The van der Waals surface area contributed by atoms with E-state index >= 15 is 0 Å². The molecule has 0 aliphatic carbocycles. The zero-order valence-electron chi connectivity index (χ0n) is 15.5. The SMILES string of the molecule is Cc1ccc(-c2ccc(/C=C3/SC(=S)N(c4ccc(Br)cc4)C3=O)o2)c([N+](=O)[O-])c1. The molecule has 1 saturated heterocycles. The predicted molar refractivity (Wildman–Crippen MR) is 125 cm³/mol. The van der Waals surface area contributed by atoms with E-state index in [2.05, 4.69) is 15.9 Å². The first-order valence-corrected chi connectivity index (χ1v) is 10.7. The molecule has 1 amide bonds. The summed E-state index contributed by atoms with van der Waals surface area (Å²) in [7, 11) is 0. The van der Waals surface area contributed by atoms with Crippen molar-refractivity contribution < 1.29 is 14.1 Å². The summed E-state index contributed by atoms with van der Waals surface area (Å²) in [5.74, 6) is 0.527. The van der Waals surface area contributed by atoms with Gasteiger partial charge in [-0.3, -0.25) is 19.8 Å². The van der Waals surface area contributed by atoms with Crippen LogP contribution in [0.5, 0.6) is 0 Å². The molecule has 6 nitrogen and oxygen atoms in total. The summed E-state index contributed by atoms with van der Waals surface area (Å²) < 4.78 is 7.12. The topological polar surface area (TPSA) is 76.6 Å². The number of benzene rings is 2. The average molecular weight is 501 g/mol. The molecular formula is C21H13BrN2O4S2. The number of carbonyl (C=O) groups excluding carboxylic acids is 1. The number of amides is 1. The second-order valence-electron chi connectivity index (χ2n) is 6.47. The summed E-state index contributed by atoms with van der Waals surface area (Å²) in [6, 6.07) is 15.6. The molecule has 4 rings (SSSR count). The standard InChI is InChI=1S/C21H13BrN2O4S2/c1-12-2-8-16(17(10-12)24(26)27)18-9-7-15(28-18)11-19-20(25)23(21(29)30-19)14-5-3-13(22)4-6-14/h2-11H,1H3/b19-11+. The van der Waals surface area contributed by atoms with Gasteiger partial charge >= 0.3 is 0 Å². The number of rotatable bonds is 4. The summed E-state index contributed by atoms with van der Waals surface area (Å²) in [6.07, 6.45) is 1.60. The monoisotopic (exact) mass is 500 g/mol. The van der Waals surface area contributed by atoms with Crippen molar-refractivity contribution in [2.75, 3.05) is 4.90 Å². The number of nitro benzene ring substituents is 1. The maximum Gasteiger partial charge on any atom is 0.280 e. The molecule has 0 N–H and O–H groups in total. The first-order valence-electron chi connectivity index (χ1n) is 8.72. The van der Waals surface area contributed by atoms with Gasteiger partial charge in [0.05, 0.1) is 21.1 Å². The van der Waals surface area contributed by atoms with E-state index in [1.165, 1.54) is 22.7 Å². The van der Waals surface area contributed by atoms with Crippen LogP contribution in [0.25, 0.3) is 17.4 Å². The molecule has 2 aromatic carbocycles. The largest absolute Gasteiger partial charge is 0.456 e. The molecule has 0 radical (unpaired) electrons. The Hall–Kier alpha value is -2.75. The number of nitrogens with zero attached hydrogens (tertiary/aromatic N) is 2. The first-order chi connectivity index (χ1) is 14.3.